The van der Waals surface area contributed by atoms with Crippen molar-refractivity contribution in [1.82, 2.24) is 4.57 Å². The van der Waals surface area contributed by atoms with Crippen LogP contribution in [0.15, 0.2) is 41.3 Å². The van der Waals surface area contributed by atoms with Crippen LogP contribution in [0.1, 0.15) is 18.2 Å². The molecule has 5 heteroatoms. The Balaban J connectivity index is 2.49. The Labute approximate surface area is 122 Å². The van der Waals surface area contributed by atoms with Gasteiger partial charge in [0.25, 0.3) is 0 Å². The predicted octanol–water partition coefficient (Wildman–Crippen LogP) is 2.18. The minimum absolute atomic E-state index is 0.106. The molecule has 0 saturated heterocycles. The van der Waals surface area contributed by atoms with Crippen LogP contribution in [0.3, 0.4) is 0 Å². The Bertz CT molecular complexity index is 690. The van der Waals surface area contributed by atoms with Crippen LogP contribution in [0, 0.1) is 6.92 Å². The van der Waals surface area contributed by atoms with Crippen LogP contribution in [0.5, 0.6) is 5.75 Å². The fourth-order valence-corrected chi connectivity index (χ4v) is 2.12. The molecular weight excluding hydrogens is 272 g/mol. The van der Waals surface area contributed by atoms with E-state index in [0.717, 1.165) is 17.1 Å². The highest BCUT2D eigenvalue weighted by atomic mass is 32.1. The second-order valence-corrected chi connectivity index (χ2v) is 4.79. The average Bonchev–Trinajstić information content (AvgIpc) is 2.40. The number of ether oxygens (including phenoxy) is 1. The molecule has 0 spiro atoms. The summed E-state index contributed by atoms with van der Waals surface area (Å²) in [4.78, 5) is 11.9. The van der Waals surface area contributed by atoms with E-state index >= 15 is 0 Å². The Kier molecular flexibility index (Phi) is 4.20. The summed E-state index contributed by atoms with van der Waals surface area (Å²) in [5, 5.41) is 0. The van der Waals surface area contributed by atoms with Crippen LogP contribution in [0.25, 0.3) is 5.69 Å². The van der Waals surface area contributed by atoms with Crippen LogP contribution >= 0.6 is 12.2 Å². The van der Waals surface area contributed by atoms with Crippen molar-refractivity contribution in [3.8, 4) is 11.4 Å². The first-order valence-corrected chi connectivity index (χ1v) is 6.70. The molecule has 1 aromatic heterocycles. The number of thiocarbonyl (C=S) groups is 1. The summed E-state index contributed by atoms with van der Waals surface area (Å²) in [6.45, 7) is 4.43. The molecule has 104 valence electrons. The van der Waals surface area contributed by atoms with E-state index in [1.165, 1.54) is 6.07 Å². The molecule has 2 aromatic rings. The molecular formula is C15H16N2O2S. The van der Waals surface area contributed by atoms with Gasteiger partial charge in [-0.25, -0.2) is 0 Å². The number of hydrogen-bond donors (Lipinski definition) is 1. The number of pyridine rings is 1. The maximum atomic E-state index is 11.8. The average molecular weight is 288 g/mol. The van der Waals surface area contributed by atoms with Crippen molar-refractivity contribution in [3.05, 3.63) is 58.0 Å². The first-order chi connectivity index (χ1) is 9.52. The number of aryl methyl sites for hydroxylation is 1. The maximum absolute atomic E-state index is 11.8. The fraction of sp³-hybridized carbons (Fsp3) is 0.200. The molecule has 0 amide bonds. The number of benzene rings is 1. The lowest BCUT2D eigenvalue weighted by atomic mass is 10.2. The summed E-state index contributed by atoms with van der Waals surface area (Å²) in [6, 6.07) is 9.15. The summed E-state index contributed by atoms with van der Waals surface area (Å²) < 4.78 is 7.29. The molecule has 0 radical (unpaired) electrons. The monoisotopic (exact) mass is 288 g/mol. The summed E-state index contributed by atoms with van der Waals surface area (Å²) in [5.74, 6) is 0.810. The van der Waals surface area contributed by atoms with Gasteiger partial charge in [0, 0.05) is 23.6 Å². The zero-order chi connectivity index (χ0) is 14.7. The first-order valence-electron chi connectivity index (χ1n) is 6.29. The van der Waals surface area contributed by atoms with Gasteiger partial charge in [-0.15, -0.1) is 0 Å². The Morgan fingerprint density at radius 1 is 1.35 bits per heavy atom. The van der Waals surface area contributed by atoms with Gasteiger partial charge in [0.15, 0.2) is 5.43 Å². The lowest BCUT2D eigenvalue weighted by molar-refractivity contribution is 0.340. The maximum Gasteiger partial charge on any atom is 0.192 e. The Morgan fingerprint density at radius 2 is 2.00 bits per heavy atom. The van der Waals surface area contributed by atoms with Crippen molar-refractivity contribution in [2.75, 3.05) is 6.61 Å². The largest absolute Gasteiger partial charge is 0.494 e. The van der Waals surface area contributed by atoms with Crippen molar-refractivity contribution < 1.29 is 4.74 Å². The molecule has 1 aromatic carbocycles. The third-order valence-corrected chi connectivity index (χ3v) is 3.15. The number of nitrogens with zero attached hydrogens (tertiary/aromatic N) is 1. The molecule has 0 aliphatic carbocycles. The fourth-order valence-electron chi connectivity index (χ4n) is 1.96. The topological polar surface area (TPSA) is 57.2 Å². The molecule has 0 fully saturated rings. The van der Waals surface area contributed by atoms with Gasteiger partial charge in [-0.05, 0) is 38.1 Å². The molecule has 4 nitrogen and oxygen atoms in total. The predicted molar refractivity (Wildman–Crippen MR) is 83.8 cm³/mol. The van der Waals surface area contributed by atoms with Gasteiger partial charge in [0.05, 0.1) is 12.2 Å². The zero-order valence-corrected chi connectivity index (χ0v) is 12.2. The molecule has 0 atom stereocenters. The minimum Gasteiger partial charge on any atom is -0.494 e. The Morgan fingerprint density at radius 3 is 2.55 bits per heavy atom. The summed E-state index contributed by atoms with van der Waals surface area (Å²) in [5.41, 5.74) is 7.50. The highest BCUT2D eigenvalue weighted by Crippen LogP contribution is 2.16. The lowest BCUT2D eigenvalue weighted by Gasteiger charge is -2.13. The quantitative estimate of drug-likeness (QED) is 0.876. The van der Waals surface area contributed by atoms with Crippen molar-refractivity contribution in [1.29, 1.82) is 0 Å². The molecule has 2 N–H and O–H groups in total. The first kappa shape index (κ1) is 14.3. The minimum atomic E-state index is -0.155. The van der Waals surface area contributed by atoms with Gasteiger partial charge in [-0.3, -0.25) is 4.79 Å². The van der Waals surface area contributed by atoms with E-state index in [-0.39, 0.29) is 10.4 Å². The van der Waals surface area contributed by atoms with Crippen molar-refractivity contribution in [3.63, 3.8) is 0 Å². The van der Waals surface area contributed by atoms with E-state index in [4.69, 9.17) is 22.7 Å². The van der Waals surface area contributed by atoms with E-state index in [9.17, 15) is 4.79 Å². The van der Waals surface area contributed by atoms with Crippen LogP contribution < -0.4 is 15.9 Å². The van der Waals surface area contributed by atoms with Gasteiger partial charge < -0.3 is 15.0 Å². The number of nitrogens with two attached hydrogens (primary N) is 1. The molecule has 2 rings (SSSR count). The van der Waals surface area contributed by atoms with E-state index < -0.39 is 0 Å². The second kappa shape index (κ2) is 5.88. The third-order valence-electron chi connectivity index (χ3n) is 2.93. The van der Waals surface area contributed by atoms with Crippen molar-refractivity contribution in [2.24, 2.45) is 5.73 Å². The summed E-state index contributed by atoms with van der Waals surface area (Å²) in [6.07, 6.45) is 1.68. The third kappa shape index (κ3) is 2.88. The smallest absolute Gasteiger partial charge is 0.192 e. The summed E-state index contributed by atoms with van der Waals surface area (Å²) >= 11 is 4.90. The van der Waals surface area contributed by atoms with Crippen LogP contribution in [-0.2, 0) is 0 Å². The van der Waals surface area contributed by atoms with Crippen LogP contribution in [0.4, 0.5) is 0 Å². The molecule has 0 aliphatic rings. The normalized spacial score (nSPS) is 10.3. The Hall–Kier alpha value is -2.14. The van der Waals surface area contributed by atoms with Gasteiger partial charge >= 0.3 is 0 Å². The van der Waals surface area contributed by atoms with E-state index in [2.05, 4.69) is 0 Å². The van der Waals surface area contributed by atoms with E-state index in [1.54, 1.807) is 6.20 Å². The van der Waals surface area contributed by atoms with Crippen molar-refractivity contribution >= 4 is 17.2 Å². The van der Waals surface area contributed by atoms with E-state index in [1.807, 2.05) is 42.7 Å². The molecule has 0 saturated carbocycles. The van der Waals surface area contributed by atoms with E-state index in [0.29, 0.717) is 12.2 Å². The molecule has 1 heterocycles. The number of aromatic nitrogens is 1. The van der Waals surface area contributed by atoms with Crippen LogP contribution in [0.2, 0.25) is 0 Å². The summed E-state index contributed by atoms with van der Waals surface area (Å²) in [7, 11) is 0. The zero-order valence-electron chi connectivity index (χ0n) is 11.4. The highest BCUT2D eigenvalue weighted by Gasteiger charge is 2.07. The van der Waals surface area contributed by atoms with Gasteiger partial charge in [0.2, 0.25) is 0 Å². The van der Waals surface area contributed by atoms with Gasteiger partial charge in [-0.2, -0.15) is 0 Å². The van der Waals surface area contributed by atoms with Gasteiger partial charge in [-0.1, -0.05) is 12.2 Å². The lowest BCUT2D eigenvalue weighted by Crippen LogP contribution is -2.22. The standard InChI is InChI=1S/C15H16N2O2S/c1-3-19-12-6-4-11(5-7-12)17-9-13(15(16)20)14(18)8-10(17)2/h4-9H,3H2,1-2H3,(H2,16,20). The molecule has 20 heavy (non-hydrogen) atoms. The number of hydrogen-bond acceptors (Lipinski definition) is 3. The van der Waals surface area contributed by atoms with Crippen molar-refractivity contribution in [2.45, 2.75) is 13.8 Å². The second-order valence-electron chi connectivity index (χ2n) is 4.35. The molecule has 0 unspecified atom stereocenters. The molecule has 0 aliphatic heterocycles. The highest BCUT2D eigenvalue weighted by molar-refractivity contribution is 7.80. The number of rotatable bonds is 4. The molecule has 0 bridgehead atoms. The van der Waals surface area contributed by atoms with Gasteiger partial charge in [0.1, 0.15) is 10.7 Å². The van der Waals surface area contributed by atoms with Crippen LogP contribution in [-0.4, -0.2) is 16.2 Å². The SMILES string of the molecule is CCOc1ccc(-n2cc(C(N)=S)c(=O)cc2C)cc1.